The fourth-order valence-electron chi connectivity index (χ4n) is 2.16. The molecule has 0 amide bonds. The van der Waals surface area contributed by atoms with Gasteiger partial charge in [0.2, 0.25) is 0 Å². The highest BCUT2D eigenvalue weighted by Gasteiger charge is 2.44. The summed E-state index contributed by atoms with van der Waals surface area (Å²) in [7, 11) is 2.58. The van der Waals surface area contributed by atoms with Crippen molar-refractivity contribution in [2.45, 2.75) is 31.0 Å². The van der Waals surface area contributed by atoms with Gasteiger partial charge < -0.3 is 4.57 Å². The van der Waals surface area contributed by atoms with Crippen LogP contribution >= 0.6 is 23.5 Å². The van der Waals surface area contributed by atoms with Gasteiger partial charge in [-0.2, -0.15) is 13.2 Å². The van der Waals surface area contributed by atoms with Crippen molar-refractivity contribution in [3.8, 4) is 0 Å². The summed E-state index contributed by atoms with van der Waals surface area (Å²) in [5.74, 6) is -1.02. The second kappa shape index (κ2) is 9.43. The molecule has 1 unspecified atom stereocenters. The molecule has 1 atom stereocenters. The lowest BCUT2D eigenvalue weighted by atomic mass is 10.1. The van der Waals surface area contributed by atoms with Gasteiger partial charge in [0, 0.05) is 23.2 Å². The van der Waals surface area contributed by atoms with E-state index in [0.29, 0.717) is 17.0 Å². The first-order valence-corrected chi connectivity index (χ1v) is 8.84. The quantitative estimate of drug-likeness (QED) is 0.495. The minimum Gasteiger partial charge on any atom is -0.315 e. The van der Waals surface area contributed by atoms with Crippen molar-refractivity contribution in [3.05, 3.63) is 63.3 Å². The second-order valence-electron chi connectivity index (χ2n) is 5.07. The molecule has 0 saturated heterocycles. The number of aromatic nitrogens is 1. The zero-order chi connectivity index (χ0) is 20.1. The Morgan fingerprint density at radius 2 is 1.73 bits per heavy atom. The Balaban J connectivity index is 0.00000163. The molecule has 0 aliphatic rings. The van der Waals surface area contributed by atoms with Crippen LogP contribution < -0.4 is 5.56 Å². The van der Waals surface area contributed by atoms with E-state index in [1.165, 1.54) is 44.6 Å². The minimum absolute atomic E-state index is 0.00666. The number of alkyl halides is 3. The first kappa shape index (κ1) is 22.5. The van der Waals surface area contributed by atoms with Crippen molar-refractivity contribution in [3.63, 3.8) is 0 Å². The van der Waals surface area contributed by atoms with Gasteiger partial charge in [-0.1, -0.05) is 37.6 Å². The van der Waals surface area contributed by atoms with Gasteiger partial charge >= 0.3 is 6.18 Å². The van der Waals surface area contributed by atoms with E-state index >= 15 is 0 Å². The third kappa shape index (κ3) is 5.75. The molecule has 0 fully saturated rings. The molecule has 0 spiro atoms. The number of hydrogen-bond acceptors (Lipinski definition) is 3. The lowest BCUT2D eigenvalue weighted by Crippen LogP contribution is -2.32. The van der Waals surface area contributed by atoms with Crippen LogP contribution in [0.3, 0.4) is 0 Å². The molecule has 1 aromatic carbocycles. The average molecular weight is 411 g/mol. The molecule has 0 radical (unpaired) electrons. The predicted molar refractivity (Wildman–Crippen MR) is 96.9 cm³/mol. The van der Waals surface area contributed by atoms with Crippen LogP contribution in [0, 0.1) is 5.82 Å². The molecule has 1 aromatic heterocycles. The third-order valence-electron chi connectivity index (χ3n) is 3.22. The zero-order valence-electron chi connectivity index (χ0n) is 14.6. The van der Waals surface area contributed by atoms with Crippen molar-refractivity contribution >= 4 is 23.5 Å². The molecule has 2 rings (SSSR count). The molecule has 26 heavy (non-hydrogen) atoms. The summed E-state index contributed by atoms with van der Waals surface area (Å²) in [6, 6.07) is 4.33. The molecule has 1 heterocycles. The Kier molecular flexibility index (Phi) is 8.17. The number of aryl methyl sites for hydroxylation is 1. The van der Waals surface area contributed by atoms with E-state index in [0.717, 1.165) is 14.9 Å². The Labute approximate surface area is 158 Å². The van der Waals surface area contributed by atoms with Gasteiger partial charge in [0.1, 0.15) is 6.04 Å². The van der Waals surface area contributed by atoms with Crippen LogP contribution in [0.2, 0.25) is 5.02 Å². The highest BCUT2D eigenvalue weighted by Crippen LogP contribution is 2.41. The molecule has 0 N–H and O–H groups in total. The molecule has 0 aliphatic heterocycles. The van der Waals surface area contributed by atoms with Crippen molar-refractivity contribution in [1.29, 1.82) is 0 Å². The smallest absolute Gasteiger partial charge is 0.315 e. The van der Waals surface area contributed by atoms with E-state index in [-0.39, 0.29) is 10.5 Å². The molecule has 144 valence electrons. The largest absolute Gasteiger partial charge is 0.408 e. The predicted octanol–water partition coefficient (Wildman–Crippen LogP) is 5.45. The molecular formula is C17H19ClF4N2OS. The first-order chi connectivity index (χ1) is 12.1. The molecule has 0 saturated carbocycles. The number of nitrogens with zero attached hydrogens (tertiary/aromatic N) is 2. The van der Waals surface area contributed by atoms with E-state index in [9.17, 15) is 22.4 Å². The number of halogens is 5. The average Bonchev–Trinajstić information content (AvgIpc) is 2.55. The van der Waals surface area contributed by atoms with Crippen LogP contribution in [0.4, 0.5) is 17.6 Å². The number of pyridine rings is 1. The Morgan fingerprint density at radius 1 is 1.19 bits per heavy atom. The standard InChI is InChI=1S/C15H13ClF4N2OS.C2H6/c1-21-8-11(7-12(17)14(21)23)24-22(2)13(15(18,19)20)9-3-5-10(16)6-4-9;1-2/h3-8,13H,1-2H3;1-2H3. The van der Waals surface area contributed by atoms with E-state index < -0.39 is 23.6 Å². The third-order valence-corrected chi connectivity index (χ3v) is 4.41. The minimum atomic E-state index is -4.55. The van der Waals surface area contributed by atoms with Crippen LogP contribution in [-0.2, 0) is 7.05 Å². The van der Waals surface area contributed by atoms with Crippen molar-refractivity contribution < 1.29 is 17.6 Å². The van der Waals surface area contributed by atoms with Gasteiger partial charge in [-0.15, -0.1) is 0 Å². The van der Waals surface area contributed by atoms with Crippen LogP contribution in [0.25, 0.3) is 0 Å². The summed E-state index contributed by atoms with van der Waals surface area (Å²) < 4.78 is 55.8. The summed E-state index contributed by atoms with van der Waals surface area (Å²) in [6.07, 6.45) is -3.27. The summed E-state index contributed by atoms with van der Waals surface area (Å²) in [5, 5.41) is 0.329. The lowest BCUT2D eigenvalue weighted by Gasteiger charge is -2.29. The Hall–Kier alpha value is -1.51. The van der Waals surface area contributed by atoms with E-state index in [4.69, 9.17) is 11.6 Å². The zero-order valence-corrected chi connectivity index (χ0v) is 16.2. The van der Waals surface area contributed by atoms with E-state index in [1.54, 1.807) is 0 Å². The van der Waals surface area contributed by atoms with E-state index in [2.05, 4.69) is 0 Å². The maximum absolute atomic E-state index is 13.5. The van der Waals surface area contributed by atoms with Gasteiger partial charge in [-0.25, -0.2) is 8.70 Å². The maximum atomic E-state index is 13.5. The summed E-state index contributed by atoms with van der Waals surface area (Å²) in [5.41, 5.74) is -0.834. The van der Waals surface area contributed by atoms with Crippen molar-refractivity contribution in [2.24, 2.45) is 7.05 Å². The fourth-order valence-corrected chi connectivity index (χ4v) is 3.33. The lowest BCUT2D eigenvalue weighted by molar-refractivity contribution is -0.169. The van der Waals surface area contributed by atoms with Crippen LogP contribution in [0.15, 0.2) is 46.2 Å². The van der Waals surface area contributed by atoms with Gasteiger partial charge in [-0.3, -0.25) is 4.79 Å². The second-order valence-corrected chi connectivity index (χ2v) is 6.74. The topological polar surface area (TPSA) is 25.2 Å². The summed E-state index contributed by atoms with van der Waals surface area (Å²) in [4.78, 5) is 11.5. The Bertz CT molecular complexity index is 752. The fraction of sp³-hybridized carbons (Fsp3) is 0.353. The SMILES string of the molecule is CC.CN(Sc1cc(F)c(=O)n(C)c1)C(c1ccc(Cl)cc1)C(F)(F)F. The molecule has 0 bridgehead atoms. The van der Waals surface area contributed by atoms with Crippen molar-refractivity contribution in [1.82, 2.24) is 8.87 Å². The van der Waals surface area contributed by atoms with Crippen molar-refractivity contribution in [2.75, 3.05) is 7.05 Å². The highest BCUT2D eigenvalue weighted by molar-refractivity contribution is 7.97. The summed E-state index contributed by atoms with van der Waals surface area (Å²) in [6.45, 7) is 4.00. The maximum Gasteiger partial charge on any atom is 0.408 e. The van der Waals surface area contributed by atoms with Gasteiger partial charge in [0.05, 0.1) is 0 Å². The van der Waals surface area contributed by atoms with Gasteiger partial charge in [-0.05, 0) is 42.8 Å². The van der Waals surface area contributed by atoms with Gasteiger partial charge in [0.15, 0.2) is 5.82 Å². The molecule has 0 aliphatic carbocycles. The first-order valence-electron chi connectivity index (χ1n) is 7.68. The van der Waals surface area contributed by atoms with E-state index in [1.807, 2.05) is 13.8 Å². The monoisotopic (exact) mass is 410 g/mol. The van der Waals surface area contributed by atoms with Gasteiger partial charge in [0.25, 0.3) is 5.56 Å². The summed E-state index contributed by atoms with van der Waals surface area (Å²) >= 11 is 6.41. The number of benzene rings is 1. The van der Waals surface area contributed by atoms with Crippen LogP contribution in [0.1, 0.15) is 25.5 Å². The normalized spacial score (nSPS) is 12.5. The molecular weight excluding hydrogens is 392 g/mol. The molecule has 3 nitrogen and oxygen atoms in total. The van der Waals surface area contributed by atoms with Crippen LogP contribution in [-0.4, -0.2) is 22.1 Å². The Morgan fingerprint density at radius 3 is 2.19 bits per heavy atom. The molecule has 2 aromatic rings. The number of hydrogen-bond donors (Lipinski definition) is 0. The molecule has 9 heteroatoms. The van der Waals surface area contributed by atoms with Crippen LogP contribution in [0.5, 0.6) is 0 Å². The number of rotatable bonds is 4. The highest BCUT2D eigenvalue weighted by atomic mass is 35.5.